The number of carboxylic acids is 1. The maximum absolute atomic E-state index is 10.6. The molecule has 0 spiro atoms. The first-order chi connectivity index (χ1) is 8.22. The molecule has 1 fully saturated rings. The molecular weight excluding hydrogens is 240 g/mol. The third kappa shape index (κ3) is 2.81. The van der Waals surface area contributed by atoms with Crippen LogP contribution < -0.4 is 0 Å². The highest BCUT2D eigenvalue weighted by Gasteiger charge is 2.23. The van der Waals surface area contributed by atoms with Gasteiger partial charge in [0.1, 0.15) is 0 Å². The van der Waals surface area contributed by atoms with Crippen molar-refractivity contribution in [2.24, 2.45) is 0 Å². The Labute approximate surface area is 104 Å². The van der Waals surface area contributed by atoms with Gasteiger partial charge in [-0.1, -0.05) is 18.7 Å². The highest BCUT2D eigenvalue weighted by Crippen LogP contribution is 2.28. The van der Waals surface area contributed by atoms with Gasteiger partial charge < -0.3 is 14.4 Å². The Kier molecular flexibility index (Phi) is 4.06. The molecule has 2 rings (SSSR count). The monoisotopic (exact) mass is 256 g/mol. The third-order valence-electron chi connectivity index (χ3n) is 2.80. The Bertz CT molecular complexity index is 399. The molecule has 1 aromatic rings. The lowest BCUT2D eigenvalue weighted by Crippen LogP contribution is -2.13. The number of ether oxygens (including phenoxy) is 1. The SMILES string of the molecule is CCc1cnc(SCC(=O)O)n1C1CCOC1. The summed E-state index contributed by atoms with van der Waals surface area (Å²) in [6.45, 7) is 3.55. The van der Waals surface area contributed by atoms with E-state index in [-0.39, 0.29) is 5.75 Å². The van der Waals surface area contributed by atoms with Gasteiger partial charge in [0, 0.05) is 18.5 Å². The van der Waals surface area contributed by atoms with E-state index in [0.717, 1.165) is 30.3 Å². The predicted octanol–water partition coefficient (Wildman–Crippen LogP) is 1.58. The zero-order valence-corrected chi connectivity index (χ0v) is 10.6. The molecule has 0 aromatic carbocycles. The van der Waals surface area contributed by atoms with Crippen LogP contribution in [-0.4, -0.2) is 39.6 Å². The van der Waals surface area contributed by atoms with Crippen LogP contribution >= 0.6 is 11.8 Å². The molecule has 1 atom stereocenters. The van der Waals surface area contributed by atoms with Crippen LogP contribution in [-0.2, 0) is 16.0 Å². The van der Waals surface area contributed by atoms with E-state index in [1.54, 1.807) is 0 Å². The van der Waals surface area contributed by atoms with Gasteiger partial charge in [-0.3, -0.25) is 4.79 Å². The average Bonchev–Trinajstić information content (AvgIpc) is 2.94. The van der Waals surface area contributed by atoms with Crippen molar-refractivity contribution in [2.75, 3.05) is 19.0 Å². The quantitative estimate of drug-likeness (QED) is 0.810. The van der Waals surface area contributed by atoms with Gasteiger partial charge in [-0.05, 0) is 12.8 Å². The summed E-state index contributed by atoms with van der Waals surface area (Å²) < 4.78 is 7.53. The summed E-state index contributed by atoms with van der Waals surface area (Å²) in [6.07, 6.45) is 3.71. The van der Waals surface area contributed by atoms with Crippen molar-refractivity contribution in [3.05, 3.63) is 11.9 Å². The van der Waals surface area contributed by atoms with Crippen LogP contribution in [0, 0.1) is 0 Å². The fourth-order valence-corrected chi connectivity index (χ4v) is 2.77. The molecule has 6 heteroatoms. The molecule has 1 aliphatic rings. The average molecular weight is 256 g/mol. The van der Waals surface area contributed by atoms with Gasteiger partial charge in [0.2, 0.25) is 0 Å². The van der Waals surface area contributed by atoms with E-state index in [2.05, 4.69) is 16.5 Å². The van der Waals surface area contributed by atoms with Crippen LogP contribution in [0.1, 0.15) is 25.1 Å². The number of aliphatic carboxylic acids is 1. The summed E-state index contributed by atoms with van der Waals surface area (Å²) in [5, 5.41) is 9.50. The van der Waals surface area contributed by atoms with Gasteiger partial charge >= 0.3 is 5.97 Å². The number of imidazole rings is 1. The van der Waals surface area contributed by atoms with Crippen molar-refractivity contribution in [1.29, 1.82) is 0 Å². The van der Waals surface area contributed by atoms with E-state index < -0.39 is 5.97 Å². The second-order valence-electron chi connectivity index (χ2n) is 3.96. The van der Waals surface area contributed by atoms with Gasteiger partial charge in [0.15, 0.2) is 5.16 Å². The fourth-order valence-electron chi connectivity index (χ4n) is 1.99. The topological polar surface area (TPSA) is 64.3 Å². The van der Waals surface area contributed by atoms with Crippen LogP contribution in [0.4, 0.5) is 0 Å². The summed E-state index contributed by atoms with van der Waals surface area (Å²) >= 11 is 1.27. The maximum atomic E-state index is 10.6. The molecule has 0 radical (unpaired) electrons. The van der Waals surface area contributed by atoms with Crippen molar-refractivity contribution in [3.8, 4) is 0 Å². The van der Waals surface area contributed by atoms with Gasteiger partial charge in [-0.2, -0.15) is 0 Å². The molecule has 1 N–H and O–H groups in total. The Balaban J connectivity index is 2.19. The number of nitrogens with zero attached hydrogens (tertiary/aromatic N) is 2. The molecule has 0 amide bonds. The standard InChI is InChI=1S/C11H16N2O3S/c1-2-8-5-12-11(17-7-10(14)15)13(8)9-3-4-16-6-9/h5,9H,2-4,6-7H2,1H3,(H,14,15). The molecule has 1 aliphatic heterocycles. The van der Waals surface area contributed by atoms with E-state index in [0.29, 0.717) is 12.6 Å². The third-order valence-corrected chi connectivity index (χ3v) is 3.75. The maximum Gasteiger partial charge on any atom is 0.313 e. The van der Waals surface area contributed by atoms with E-state index in [1.165, 1.54) is 11.8 Å². The smallest absolute Gasteiger partial charge is 0.313 e. The van der Waals surface area contributed by atoms with Crippen molar-refractivity contribution >= 4 is 17.7 Å². The lowest BCUT2D eigenvalue weighted by Gasteiger charge is -2.16. The van der Waals surface area contributed by atoms with Crippen LogP contribution in [0.3, 0.4) is 0 Å². The van der Waals surface area contributed by atoms with Crippen molar-refractivity contribution in [1.82, 2.24) is 9.55 Å². The number of hydrogen-bond acceptors (Lipinski definition) is 4. The Morgan fingerprint density at radius 3 is 3.18 bits per heavy atom. The lowest BCUT2D eigenvalue weighted by molar-refractivity contribution is -0.133. The molecule has 94 valence electrons. The molecule has 0 bridgehead atoms. The first-order valence-corrected chi connectivity index (χ1v) is 6.69. The molecule has 0 aliphatic carbocycles. The van der Waals surface area contributed by atoms with Crippen molar-refractivity contribution < 1.29 is 14.6 Å². The first kappa shape index (κ1) is 12.4. The largest absolute Gasteiger partial charge is 0.481 e. The summed E-state index contributed by atoms with van der Waals surface area (Å²) in [5.41, 5.74) is 1.15. The Morgan fingerprint density at radius 1 is 1.76 bits per heavy atom. The number of carboxylic acid groups (broad SMARTS) is 1. The van der Waals surface area contributed by atoms with Crippen molar-refractivity contribution in [3.63, 3.8) is 0 Å². The summed E-state index contributed by atoms with van der Waals surface area (Å²) in [7, 11) is 0. The second-order valence-corrected chi connectivity index (χ2v) is 4.90. The normalized spacial score (nSPS) is 19.7. The van der Waals surface area contributed by atoms with E-state index in [1.807, 2.05) is 6.20 Å². The molecular formula is C11H16N2O3S. The summed E-state index contributed by atoms with van der Waals surface area (Å²) in [6, 6.07) is 0.309. The molecule has 1 unspecified atom stereocenters. The zero-order chi connectivity index (χ0) is 12.3. The van der Waals surface area contributed by atoms with Gasteiger partial charge in [0.05, 0.1) is 18.4 Å². The predicted molar refractivity (Wildman–Crippen MR) is 64.4 cm³/mol. The van der Waals surface area contributed by atoms with Crippen LogP contribution in [0.25, 0.3) is 0 Å². The van der Waals surface area contributed by atoms with Gasteiger partial charge in [0.25, 0.3) is 0 Å². The Hall–Kier alpha value is -1.01. The zero-order valence-electron chi connectivity index (χ0n) is 9.76. The van der Waals surface area contributed by atoms with Gasteiger partial charge in [-0.25, -0.2) is 4.98 Å². The van der Waals surface area contributed by atoms with Crippen LogP contribution in [0.2, 0.25) is 0 Å². The number of rotatable bonds is 5. The van der Waals surface area contributed by atoms with E-state index >= 15 is 0 Å². The highest BCUT2D eigenvalue weighted by molar-refractivity contribution is 7.99. The number of thioether (sulfide) groups is 1. The number of aromatic nitrogens is 2. The van der Waals surface area contributed by atoms with Gasteiger partial charge in [-0.15, -0.1) is 0 Å². The lowest BCUT2D eigenvalue weighted by atomic mass is 10.2. The molecule has 5 nitrogen and oxygen atoms in total. The number of aryl methyl sites for hydroxylation is 1. The van der Waals surface area contributed by atoms with E-state index in [9.17, 15) is 4.79 Å². The summed E-state index contributed by atoms with van der Waals surface area (Å²) in [5.74, 6) is -0.765. The first-order valence-electron chi connectivity index (χ1n) is 5.70. The number of hydrogen-bond donors (Lipinski definition) is 1. The molecule has 1 aromatic heterocycles. The minimum absolute atomic E-state index is 0.0493. The second kappa shape index (κ2) is 5.55. The van der Waals surface area contributed by atoms with Crippen molar-refractivity contribution in [2.45, 2.75) is 31.0 Å². The number of carbonyl (C=O) groups is 1. The highest BCUT2D eigenvalue weighted by atomic mass is 32.2. The van der Waals surface area contributed by atoms with Crippen LogP contribution in [0.5, 0.6) is 0 Å². The molecule has 17 heavy (non-hydrogen) atoms. The minimum atomic E-state index is -0.815. The van der Waals surface area contributed by atoms with E-state index in [4.69, 9.17) is 9.84 Å². The molecule has 1 saturated heterocycles. The van der Waals surface area contributed by atoms with Crippen LogP contribution in [0.15, 0.2) is 11.4 Å². The Morgan fingerprint density at radius 2 is 2.59 bits per heavy atom. The molecule has 0 saturated carbocycles. The molecule has 2 heterocycles. The minimum Gasteiger partial charge on any atom is -0.481 e. The fraction of sp³-hybridized carbons (Fsp3) is 0.636. The summed E-state index contributed by atoms with van der Waals surface area (Å²) in [4.78, 5) is 14.9.